The Morgan fingerprint density at radius 3 is 2.50 bits per heavy atom. The second kappa shape index (κ2) is 3.10. The summed E-state index contributed by atoms with van der Waals surface area (Å²) in [7, 11) is 3.65. The van der Waals surface area contributed by atoms with Gasteiger partial charge in [0.2, 0.25) is 0 Å². The van der Waals surface area contributed by atoms with Crippen molar-refractivity contribution in [2.45, 2.75) is 4.21 Å². The van der Waals surface area contributed by atoms with Crippen molar-refractivity contribution in [3.63, 3.8) is 0 Å². The average Bonchev–Trinajstić information content (AvgIpc) is 2.29. The van der Waals surface area contributed by atoms with E-state index in [1.165, 1.54) is 7.11 Å². The van der Waals surface area contributed by atoms with E-state index in [9.17, 15) is 8.42 Å². The van der Waals surface area contributed by atoms with Crippen molar-refractivity contribution in [2.75, 3.05) is 13.4 Å². The predicted octanol–water partition coefficient (Wildman–Crippen LogP) is -0.0460. The zero-order valence-electron chi connectivity index (χ0n) is 6.70. The van der Waals surface area contributed by atoms with Crippen LogP contribution >= 0.6 is 11.3 Å². The third-order valence-corrected chi connectivity index (χ3v) is 4.11. The number of hydrogen-bond acceptors (Lipinski definition) is 4. The van der Waals surface area contributed by atoms with Crippen molar-refractivity contribution in [1.82, 2.24) is 0 Å². The molecule has 0 aromatic carbocycles. The van der Waals surface area contributed by atoms with Crippen LogP contribution in [0.5, 0.6) is 5.75 Å². The van der Waals surface area contributed by atoms with Gasteiger partial charge in [-0.25, -0.2) is 8.42 Å². The first-order chi connectivity index (χ1) is 5.46. The molecule has 0 bridgehead atoms. The fraction of sp³-hybridized carbons (Fsp3) is 0.333. The first-order valence-electron chi connectivity index (χ1n) is 3.08. The molecule has 64 valence electrons. The number of hydrogen-bond donors (Lipinski definition) is 0. The van der Waals surface area contributed by atoms with Crippen LogP contribution in [0.15, 0.2) is 9.59 Å². The molecule has 0 saturated carbocycles. The van der Waals surface area contributed by atoms with Gasteiger partial charge in [-0.15, -0.1) is 11.3 Å². The van der Waals surface area contributed by atoms with Crippen molar-refractivity contribution >= 4 is 34.5 Å². The number of methoxy groups -OCH3 is 1. The molecule has 1 aromatic heterocycles. The Balaban J connectivity index is 3.36. The zero-order chi connectivity index (χ0) is 9.35. The van der Waals surface area contributed by atoms with Gasteiger partial charge < -0.3 is 4.74 Å². The summed E-state index contributed by atoms with van der Waals surface area (Å²) in [5, 5.41) is 1.55. The minimum atomic E-state index is -3.21. The monoisotopic (exact) mass is 202 g/mol. The maximum atomic E-state index is 11.1. The Morgan fingerprint density at radius 1 is 1.58 bits per heavy atom. The lowest BCUT2D eigenvalue weighted by molar-refractivity contribution is 0.410. The highest BCUT2D eigenvalue weighted by molar-refractivity contribution is 7.92. The summed E-state index contributed by atoms with van der Waals surface area (Å²) >= 11 is 1.07. The van der Waals surface area contributed by atoms with Gasteiger partial charge in [-0.1, -0.05) is 0 Å². The van der Waals surface area contributed by atoms with Crippen molar-refractivity contribution in [3.8, 4) is 5.75 Å². The summed E-state index contributed by atoms with van der Waals surface area (Å²) in [6, 6.07) is 0. The predicted molar refractivity (Wildman–Crippen MR) is 49.4 cm³/mol. The smallest absolute Gasteiger partial charge is 0.188 e. The lowest BCUT2D eigenvalue weighted by Crippen LogP contribution is -2.05. The second-order valence-electron chi connectivity index (χ2n) is 2.28. The highest BCUT2D eigenvalue weighted by Gasteiger charge is 2.17. The summed E-state index contributed by atoms with van der Waals surface area (Å²) in [5.41, 5.74) is 0.364. The molecule has 0 amide bonds. The van der Waals surface area contributed by atoms with Crippen LogP contribution in [0.2, 0.25) is 0 Å². The minimum absolute atomic E-state index is 0.183. The van der Waals surface area contributed by atoms with Gasteiger partial charge >= 0.3 is 0 Å². The highest BCUT2D eigenvalue weighted by Crippen LogP contribution is 2.26. The molecule has 6 heteroatoms. The van der Waals surface area contributed by atoms with Gasteiger partial charge in [0.05, 0.1) is 7.11 Å². The molecule has 0 N–H and O–H groups in total. The summed E-state index contributed by atoms with van der Waals surface area (Å²) < 4.78 is 27.2. The fourth-order valence-corrected chi connectivity index (χ4v) is 2.83. The van der Waals surface area contributed by atoms with Crippen molar-refractivity contribution in [3.05, 3.63) is 5.38 Å². The fourth-order valence-electron chi connectivity index (χ4n) is 0.799. The Labute approximate surface area is 76.7 Å². The van der Waals surface area contributed by atoms with Crippen LogP contribution in [0.3, 0.4) is 0 Å². The summed E-state index contributed by atoms with van der Waals surface area (Å²) in [5.74, 6) is 0.252. The van der Waals surface area contributed by atoms with Gasteiger partial charge in [0.1, 0.15) is 13.6 Å². The Bertz CT molecular complexity index is 379. The van der Waals surface area contributed by atoms with Gasteiger partial charge in [0.15, 0.2) is 14.0 Å². The van der Waals surface area contributed by atoms with Crippen LogP contribution < -0.4 is 10.2 Å². The van der Waals surface area contributed by atoms with E-state index >= 15 is 0 Å². The van der Waals surface area contributed by atoms with Crippen LogP contribution in [-0.4, -0.2) is 29.6 Å². The molecular weight excluding hydrogens is 195 g/mol. The zero-order valence-corrected chi connectivity index (χ0v) is 8.33. The van der Waals surface area contributed by atoms with Crippen LogP contribution in [0, 0.1) is 0 Å². The topological polar surface area (TPSA) is 43.4 Å². The molecule has 0 spiro atoms. The highest BCUT2D eigenvalue weighted by atomic mass is 32.2. The molecule has 3 nitrogen and oxygen atoms in total. The first kappa shape index (κ1) is 9.60. The SMILES string of the molecule is [B]c1csc(S(C)(=O)=O)c1OC. The third-order valence-electron chi connectivity index (χ3n) is 1.28. The van der Waals surface area contributed by atoms with Gasteiger partial charge in [-0.2, -0.15) is 0 Å². The molecule has 0 aliphatic heterocycles. The maximum Gasteiger partial charge on any atom is 0.188 e. The second-order valence-corrected chi connectivity index (χ2v) is 5.37. The maximum absolute atomic E-state index is 11.1. The largest absolute Gasteiger partial charge is 0.495 e. The summed E-state index contributed by atoms with van der Waals surface area (Å²) in [4.78, 5) is 0. The van der Waals surface area contributed by atoms with Gasteiger partial charge in [-0.3, -0.25) is 0 Å². The quantitative estimate of drug-likeness (QED) is 0.631. The third kappa shape index (κ3) is 1.64. The number of rotatable bonds is 2. The van der Waals surface area contributed by atoms with E-state index in [1.54, 1.807) is 5.38 Å². The van der Waals surface area contributed by atoms with E-state index in [1.807, 2.05) is 0 Å². The first-order valence-corrected chi connectivity index (χ1v) is 5.85. The molecule has 1 heterocycles. The van der Waals surface area contributed by atoms with E-state index in [2.05, 4.69) is 0 Å². The van der Waals surface area contributed by atoms with Gasteiger partial charge in [0.25, 0.3) is 0 Å². The molecule has 0 saturated heterocycles. The average molecular weight is 202 g/mol. The van der Waals surface area contributed by atoms with Crippen molar-refractivity contribution in [2.24, 2.45) is 0 Å². The lowest BCUT2D eigenvalue weighted by Gasteiger charge is -2.00. The molecule has 2 radical (unpaired) electrons. The number of sulfone groups is 1. The van der Waals surface area contributed by atoms with E-state index in [0.717, 1.165) is 17.6 Å². The van der Waals surface area contributed by atoms with E-state index in [-0.39, 0.29) is 9.96 Å². The molecule has 0 unspecified atom stereocenters. The van der Waals surface area contributed by atoms with E-state index < -0.39 is 9.84 Å². The lowest BCUT2D eigenvalue weighted by atomic mass is 10.0. The normalized spacial score (nSPS) is 11.5. The molecule has 1 aromatic rings. The van der Waals surface area contributed by atoms with Crippen LogP contribution in [0.1, 0.15) is 0 Å². The van der Waals surface area contributed by atoms with Crippen LogP contribution in [0.25, 0.3) is 0 Å². The Kier molecular flexibility index (Phi) is 2.48. The van der Waals surface area contributed by atoms with Crippen molar-refractivity contribution < 1.29 is 13.2 Å². The molecule has 0 atom stereocenters. The molecular formula is C6H7BO3S2. The molecule has 0 fully saturated rings. The van der Waals surface area contributed by atoms with E-state index in [0.29, 0.717) is 5.46 Å². The van der Waals surface area contributed by atoms with Crippen LogP contribution in [0.4, 0.5) is 0 Å². The molecule has 0 aliphatic carbocycles. The van der Waals surface area contributed by atoms with Gasteiger partial charge in [0, 0.05) is 6.26 Å². The molecule has 1 rings (SSSR count). The summed E-state index contributed by atoms with van der Waals surface area (Å²) in [6.45, 7) is 0. The number of thiophene rings is 1. The molecule has 12 heavy (non-hydrogen) atoms. The Morgan fingerprint density at radius 2 is 2.17 bits per heavy atom. The van der Waals surface area contributed by atoms with E-state index in [4.69, 9.17) is 12.6 Å². The molecule has 0 aliphatic rings. The number of ether oxygens (including phenoxy) is 1. The Hall–Kier alpha value is -0.485. The van der Waals surface area contributed by atoms with Crippen LogP contribution in [-0.2, 0) is 9.84 Å². The minimum Gasteiger partial charge on any atom is -0.495 e. The van der Waals surface area contributed by atoms with Gasteiger partial charge in [-0.05, 0) is 10.8 Å². The standard InChI is InChI=1S/C6H7BO3S2/c1-10-5-4(7)3-11-6(5)12(2,8)9/h3H,1-2H3. The van der Waals surface area contributed by atoms with Crippen molar-refractivity contribution in [1.29, 1.82) is 0 Å². The summed E-state index contributed by atoms with van der Waals surface area (Å²) in [6.07, 6.45) is 1.13.